The minimum atomic E-state index is -0.457. The van der Waals surface area contributed by atoms with Crippen molar-refractivity contribution in [3.05, 3.63) is 30.3 Å². The largest absolute Gasteiger partial charge is 0.452 e. The molecule has 0 unspecified atom stereocenters. The molecule has 1 rings (SSSR count). The highest BCUT2D eigenvalue weighted by Gasteiger charge is 2.13. The zero-order chi connectivity index (χ0) is 9.68. The predicted molar refractivity (Wildman–Crippen MR) is 52.0 cm³/mol. The highest BCUT2D eigenvalue weighted by atomic mass is 35.5. The molecule has 0 fully saturated rings. The van der Waals surface area contributed by atoms with Crippen LogP contribution < -0.4 is 4.90 Å². The zero-order valence-corrected chi connectivity index (χ0v) is 7.99. The van der Waals surface area contributed by atoms with Gasteiger partial charge < -0.3 is 4.74 Å². The van der Waals surface area contributed by atoms with Gasteiger partial charge >= 0.3 is 6.09 Å². The standard InChI is InChI=1S/C9H10ClNO2/c1-13-9(12)11(7-10)8-5-3-2-4-6-8/h2-6H,7H2,1H3. The van der Waals surface area contributed by atoms with Crippen LogP contribution in [0.3, 0.4) is 0 Å². The van der Waals surface area contributed by atoms with Crippen molar-refractivity contribution in [3.8, 4) is 0 Å². The van der Waals surface area contributed by atoms with Crippen molar-refractivity contribution >= 4 is 23.4 Å². The van der Waals surface area contributed by atoms with Crippen molar-refractivity contribution < 1.29 is 9.53 Å². The van der Waals surface area contributed by atoms with E-state index in [1.807, 2.05) is 18.2 Å². The Morgan fingerprint density at radius 1 is 1.46 bits per heavy atom. The molecule has 0 bridgehead atoms. The number of hydrogen-bond acceptors (Lipinski definition) is 2. The first-order valence-electron chi connectivity index (χ1n) is 3.76. The second-order valence-electron chi connectivity index (χ2n) is 2.35. The number of benzene rings is 1. The van der Waals surface area contributed by atoms with Crippen LogP contribution in [0, 0.1) is 0 Å². The maximum Gasteiger partial charge on any atom is 0.415 e. The molecule has 0 heterocycles. The van der Waals surface area contributed by atoms with Crippen LogP contribution in [-0.4, -0.2) is 19.2 Å². The van der Waals surface area contributed by atoms with Gasteiger partial charge in [-0.1, -0.05) is 18.2 Å². The Kier molecular flexibility index (Phi) is 3.58. The second-order valence-corrected chi connectivity index (χ2v) is 2.59. The molecule has 0 aromatic heterocycles. The molecule has 0 atom stereocenters. The van der Waals surface area contributed by atoms with Gasteiger partial charge in [0.15, 0.2) is 0 Å². The van der Waals surface area contributed by atoms with Gasteiger partial charge in [0.2, 0.25) is 0 Å². The van der Waals surface area contributed by atoms with E-state index < -0.39 is 6.09 Å². The molecule has 1 aromatic rings. The van der Waals surface area contributed by atoms with Crippen molar-refractivity contribution in [1.29, 1.82) is 0 Å². The van der Waals surface area contributed by atoms with Crippen LogP contribution in [0.5, 0.6) is 0 Å². The number of halogens is 1. The van der Waals surface area contributed by atoms with E-state index in [0.29, 0.717) is 0 Å². The average Bonchev–Trinajstić information content (AvgIpc) is 2.20. The number of rotatable bonds is 2. The maximum atomic E-state index is 11.2. The molecular formula is C9H10ClNO2. The number of alkyl halides is 1. The van der Waals surface area contributed by atoms with Gasteiger partial charge in [-0.05, 0) is 12.1 Å². The van der Waals surface area contributed by atoms with Crippen LogP contribution in [0.2, 0.25) is 0 Å². The van der Waals surface area contributed by atoms with Crippen molar-refractivity contribution in [2.24, 2.45) is 0 Å². The van der Waals surface area contributed by atoms with E-state index in [0.717, 1.165) is 5.69 Å². The molecule has 70 valence electrons. The lowest BCUT2D eigenvalue weighted by Gasteiger charge is -2.17. The molecule has 1 amide bonds. The van der Waals surface area contributed by atoms with E-state index in [2.05, 4.69) is 4.74 Å². The maximum absolute atomic E-state index is 11.2. The van der Waals surface area contributed by atoms with Crippen molar-refractivity contribution in [1.82, 2.24) is 0 Å². The summed E-state index contributed by atoms with van der Waals surface area (Å²) in [6, 6.07) is 9.19. The molecule has 0 aliphatic rings. The minimum Gasteiger partial charge on any atom is -0.452 e. The SMILES string of the molecule is COC(=O)N(CCl)c1ccccc1. The lowest BCUT2D eigenvalue weighted by Crippen LogP contribution is -2.29. The lowest BCUT2D eigenvalue weighted by atomic mass is 10.3. The monoisotopic (exact) mass is 199 g/mol. The zero-order valence-electron chi connectivity index (χ0n) is 7.24. The number of para-hydroxylation sites is 1. The highest BCUT2D eigenvalue weighted by Crippen LogP contribution is 2.14. The number of methoxy groups -OCH3 is 1. The third-order valence-corrected chi connectivity index (χ3v) is 1.82. The molecule has 4 heteroatoms. The summed E-state index contributed by atoms with van der Waals surface area (Å²) < 4.78 is 4.56. The van der Waals surface area contributed by atoms with E-state index in [9.17, 15) is 4.79 Å². The highest BCUT2D eigenvalue weighted by molar-refractivity contribution is 6.21. The van der Waals surface area contributed by atoms with Gasteiger partial charge in [-0.15, -0.1) is 11.6 Å². The number of amides is 1. The Morgan fingerprint density at radius 2 is 2.08 bits per heavy atom. The summed E-state index contributed by atoms with van der Waals surface area (Å²) in [6.07, 6.45) is -0.457. The molecule has 13 heavy (non-hydrogen) atoms. The van der Waals surface area contributed by atoms with Gasteiger partial charge in [0, 0.05) is 5.69 Å². The van der Waals surface area contributed by atoms with Gasteiger partial charge in [0.05, 0.1) is 7.11 Å². The van der Waals surface area contributed by atoms with E-state index in [1.54, 1.807) is 12.1 Å². The fourth-order valence-corrected chi connectivity index (χ4v) is 1.18. The number of anilines is 1. The topological polar surface area (TPSA) is 29.5 Å². The number of carbonyl (C=O) groups excluding carboxylic acids is 1. The van der Waals surface area contributed by atoms with Crippen LogP contribution in [0.4, 0.5) is 10.5 Å². The quantitative estimate of drug-likeness (QED) is 0.541. The second kappa shape index (κ2) is 4.72. The third kappa shape index (κ3) is 2.36. The molecule has 0 aliphatic carbocycles. The fourth-order valence-electron chi connectivity index (χ4n) is 0.941. The van der Waals surface area contributed by atoms with E-state index in [4.69, 9.17) is 11.6 Å². The molecule has 1 aromatic carbocycles. The van der Waals surface area contributed by atoms with Crippen LogP contribution in [0.15, 0.2) is 30.3 Å². The molecule has 0 saturated carbocycles. The Morgan fingerprint density at radius 3 is 2.54 bits per heavy atom. The van der Waals surface area contributed by atoms with Crippen molar-refractivity contribution in [3.63, 3.8) is 0 Å². The summed E-state index contributed by atoms with van der Waals surface area (Å²) in [6.45, 7) is 0. The van der Waals surface area contributed by atoms with E-state index in [1.165, 1.54) is 12.0 Å². The molecule has 0 aliphatic heterocycles. The predicted octanol–water partition coefficient (Wildman–Crippen LogP) is 2.46. The molecule has 0 N–H and O–H groups in total. The Hall–Kier alpha value is -1.22. The first-order valence-corrected chi connectivity index (χ1v) is 4.29. The number of carbonyl (C=O) groups is 1. The van der Waals surface area contributed by atoms with Crippen molar-refractivity contribution in [2.45, 2.75) is 0 Å². The summed E-state index contributed by atoms with van der Waals surface area (Å²) in [5.74, 6) is 0. The summed E-state index contributed by atoms with van der Waals surface area (Å²) in [7, 11) is 1.32. The van der Waals surface area contributed by atoms with Gasteiger partial charge in [-0.2, -0.15) is 0 Å². The summed E-state index contributed by atoms with van der Waals surface area (Å²) in [5.41, 5.74) is 0.726. The molecule has 3 nitrogen and oxygen atoms in total. The fraction of sp³-hybridized carbons (Fsp3) is 0.222. The van der Waals surface area contributed by atoms with Gasteiger partial charge in [0.25, 0.3) is 0 Å². The van der Waals surface area contributed by atoms with Crippen LogP contribution in [0.1, 0.15) is 0 Å². The summed E-state index contributed by atoms with van der Waals surface area (Å²) in [4.78, 5) is 12.5. The molecule has 0 spiro atoms. The first kappa shape index (κ1) is 9.86. The minimum absolute atomic E-state index is 0.0800. The normalized spacial score (nSPS) is 9.38. The van der Waals surface area contributed by atoms with Crippen LogP contribution in [0.25, 0.3) is 0 Å². The number of hydrogen-bond donors (Lipinski definition) is 0. The van der Waals surface area contributed by atoms with E-state index >= 15 is 0 Å². The average molecular weight is 200 g/mol. The summed E-state index contributed by atoms with van der Waals surface area (Å²) >= 11 is 5.60. The van der Waals surface area contributed by atoms with Crippen molar-refractivity contribution in [2.75, 3.05) is 18.0 Å². The van der Waals surface area contributed by atoms with Gasteiger partial charge in [-0.3, -0.25) is 4.90 Å². The number of ether oxygens (including phenoxy) is 1. The van der Waals surface area contributed by atoms with E-state index in [-0.39, 0.29) is 6.00 Å². The van der Waals surface area contributed by atoms with Gasteiger partial charge in [0.1, 0.15) is 6.00 Å². The lowest BCUT2D eigenvalue weighted by molar-refractivity contribution is 0.180. The molecule has 0 saturated heterocycles. The molecule has 0 radical (unpaired) electrons. The molecular weight excluding hydrogens is 190 g/mol. The number of nitrogens with zero attached hydrogens (tertiary/aromatic N) is 1. The summed E-state index contributed by atoms with van der Waals surface area (Å²) in [5, 5.41) is 0. The smallest absolute Gasteiger partial charge is 0.415 e. The van der Waals surface area contributed by atoms with Gasteiger partial charge in [-0.25, -0.2) is 4.79 Å². The first-order chi connectivity index (χ1) is 6.29. The van der Waals surface area contributed by atoms with Crippen LogP contribution >= 0.6 is 11.6 Å². The van der Waals surface area contributed by atoms with Crippen LogP contribution in [-0.2, 0) is 4.74 Å². The Bertz CT molecular complexity index is 276. The third-order valence-electron chi connectivity index (χ3n) is 1.58. The Balaban J connectivity index is 2.85. The Labute approximate surface area is 81.9 Å².